The molecule has 0 fully saturated rings. The van der Waals surface area contributed by atoms with Gasteiger partial charge >= 0.3 is 0 Å². The highest BCUT2D eigenvalue weighted by molar-refractivity contribution is 7.98. The van der Waals surface area contributed by atoms with E-state index in [1.165, 1.54) is 16.7 Å². The van der Waals surface area contributed by atoms with Crippen LogP contribution in [-0.4, -0.2) is 4.98 Å². The van der Waals surface area contributed by atoms with Crippen LogP contribution < -0.4 is 0 Å². The lowest BCUT2D eigenvalue weighted by atomic mass is 9.87. The van der Waals surface area contributed by atoms with Crippen molar-refractivity contribution in [2.45, 2.75) is 56.2 Å². The van der Waals surface area contributed by atoms with Crippen LogP contribution in [0.15, 0.2) is 53.6 Å². The Bertz CT molecular complexity index is 1100. The van der Waals surface area contributed by atoms with Crippen LogP contribution in [0.3, 0.4) is 0 Å². The lowest BCUT2D eigenvalue weighted by molar-refractivity contribution is 0.590. The van der Waals surface area contributed by atoms with Gasteiger partial charge < -0.3 is 0 Å². The maximum Gasteiger partial charge on any atom is 0.115 e. The Balaban J connectivity index is 1.68. The number of aryl methyl sites for hydroxylation is 1. The molecule has 0 atom stereocenters. The van der Waals surface area contributed by atoms with E-state index in [-0.39, 0.29) is 5.41 Å². The van der Waals surface area contributed by atoms with E-state index in [0.717, 1.165) is 46.9 Å². The summed E-state index contributed by atoms with van der Waals surface area (Å²) in [7, 11) is 0. The zero-order valence-electron chi connectivity index (χ0n) is 17.6. The van der Waals surface area contributed by atoms with Crippen molar-refractivity contribution in [2.75, 3.05) is 0 Å². The third kappa shape index (κ3) is 4.26. The molecule has 2 nitrogen and oxygen atoms in total. The molecule has 30 heavy (non-hydrogen) atoms. The topological polar surface area (TPSA) is 36.7 Å². The molecule has 0 unspecified atom stereocenters. The number of benzene rings is 2. The average molecular weight is 433 g/mol. The van der Waals surface area contributed by atoms with Crippen molar-refractivity contribution in [1.29, 1.82) is 5.26 Å². The predicted molar refractivity (Wildman–Crippen MR) is 126 cm³/mol. The van der Waals surface area contributed by atoms with Crippen molar-refractivity contribution >= 4 is 23.4 Å². The van der Waals surface area contributed by atoms with E-state index in [9.17, 15) is 5.26 Å². The predicted octanol–water partition coefficient (Wildman–Crippen LogP) is 7.35. The quantitative estimate of drug-likeness (QED) is 0.404. The zero-order valence-corrected chi connectivity index (χ0v) is 19.2. The molecule has 3 aromatic rings. The van der Waals surface area contributed by atoms with Gasteiger partial charge in [-0.25, -0.2) is 4.98 Å². The first-order chi connectivity index (χ1) is 14.4. The molecule has 1 aromatic heterocycles. The van der Waals surface area contributed by atoms with Gasteiger partial charge in [0.15, 0.2) is 0 Å². The number of nitrogens with zero attached hydrogens (tertiary/aromatic N) is 2. The molecule has 4 heteroatoms. The second-order valence-corrected chi connectivity index (χ2v) is 10.2. The van der Waals surface area contributed by atoms with Crippen molar-refractivity contribution < 1.29 is 0 Å². The number of fused-ring (bicyclic) bond motifs is 1. The van der Waals surface area contributed by atoms with Crippen LogP contribution >= 0.6 is 23.4 Å². The first-order valence-corrected chi connectivity index (χ1v) is 11.7. The second-order valence-electron chi connectivity index (χ2n) is 8.80. The Hall–Kier alpha value is -2.28. The fourth-order valence-electron chi connectivity index (χ4n) is 3.95. The van der Waals surface area contributed by atoms with E-state index in [2.05, 4.69) is 51.1 Å². The smallest absolute Gasteiger partial charge is 0.115 e. The minimum absolute atomic E-state index is 0.147. The first kappa shape index (κ1) is 21.0. The molecule has 0 radical (unpaired) electrons. The average Bonchev–Trinajstić information content (AvgIpc) is 3.19. The van der Waals surface area contributed by atoms with Gasteiger partial charge in [-0.15, -0.1) is 11.8 Å². The number of rotatable bonds is 4. The number of aromatic nitrogens is 1. The first-order valence-electron chi connectivity index (χ1n) is 10.3. The third-order valence-corrected chi connectivity index (χ3v) is 6.93. The van der Waals surface area contributed by atoms with Gasteiger partial charge in [0.1, 0.15) is 11.1 Å². The fourth-order valence-corrected chi connectivity index (χ4v) is 5.04. The number of pyridine rings is 1. The minimum Gasteiger partial charge on any atom is -0.245 e. The summed E-state index contributed by atoms with van der Waals surface area (Å²) in [6.45, 7) is 6.67. The van der Waals surface area contributed by atoms with Crippen LogP contribution in [0.2, 0.25) is 5.02 Å². The van der Waals surface area contributed by atoms with Crippen LogP contribution in [0.5, 0.6) is 0 Å². The molecule has 0 saturated carbocycles. The molecular weight excluding hydrogens is 408 g/mol. The standard InChI is InChI=1S/C26H25ClN2S/c1-26(2,3)19-11-7-17(8-12-19)16-30-25-22(15-28)24(18-9-13-20(27)14-10-18)21-5-4-6-23(21)29-25/h7-14H,4-6,16H2,1-3H3. The molecule has 0 N–H and O–H groups in total. The third-order valence-electron chi connectivity index (χ3n) is 5.63. The van der Waals surface area contributed by atoms with Gasteiger partial charge in [0.2, 0.25) is 0 Å². The van der Waals surface area contributed by atoms with Crippen molar-refractivity contribution in [3.63, 3.8) is 0 Å². The van der Waals surface area contributed by atoms with Gasteiger partial charge in [-0.2, -0.15) is 5.26 Å². The number of hydrogen-bond donors (Lipinski definition) is 0. The SMILES string of the molecule is CC(C)(C)c1ccc(CSc2nc3c(c(-c4ccc(Cl)cc4)c2C#N)CCC3)cc1. The number of nitriles is 1. The lowest BCUT2D eigenvalue weighted by Crippen LogP contribution is -2.10. The molecule has 0 saturated heterocycles. The number of thioether (sulfide) groups is 1. The molecule has 152 valence electrons. The fraction of sp³-hybridized carbons (Fsp3) is 0.308. The maximum absolute atomic E-state index is 10.0. The van der Waals surface area contributed by atoms with Crippen LogP contribution in [0.4, 0.5) is 0 Å². The monoisotopic (exact) mass is 432 g/mol. The van der Waals surface area contributed by atoms with E-state index >= 15 is 0 Å². The van der Waals surface area contributed by atoms with Gasteiger partial charge in [-0.05, 0) is 59.1 Å². The van der Waals surface area contributed by atoms with Crippen molar-refractivity contribution in [3.05, 3.63) is 81.5 Å². The number of halogens is 1. The summed E-state index contributed by atoms with van der Waals surface area (Å²) >= 11 is 7.75. The van der Waals surface area contributed by atoms with Gasteiger partial charge in [0, 0.05) is 22.0 Å². The summed E-state index contributed by atoms with van der Waals surface area (Å²) in [5, 5.41) is 11.6. The number of hydrogen-bond acceptors (Lipinski definition) is 3. The van der Waals surface area contributed by atoms with E-state index in [1.807, 2.05) is 24.3 Å². The Morgan fingerprint density at radius 3 is 2.37 bits per heavy atom. The molecule has 2 aromatic carbocycles. The Morgan fingerprint density at radius 2 is 1.73 bits per heavy atom. The molecule has 1 heterocycles. The lowest BCUT2D eigenvalue weighted by Gasteiger charge is -2.19. The molecule has 0 bridgehead atoms. The van der Waals surface area contributed by atoms with Crippen LogP contribution in [0.1, 0.15) is 55.1 Å². The highest BCUT2D eigenvalue weighted by Crippen LogP contribution is 2.39. The highest BCUT2D eigenvalue weighted by atomic mass is 35.5. The highest BCUT2D eigenvalue weighted by Gasteiger charge is 2.24. The largest absolute Gasteiger partial charge is 0.245 e. The summed E-state index contributed by atoms with van der Waals surface area (Å²) in [5.74, 6) is 0.797. The molecule has 0 amide bonds. The van der Waals surface area contributed by atoms with E-state index in [0.29, 0.717) is 10.6 Å². The van der Waals surface area contributed by atoms with Crippen molar-refractivity contribution in [1.82, 2.24) is 4.98 Å². The molecular formula is C26H25ClN2S. The van der Waals surface area contributed by atoms with E-state index < -0.39 is 0 Å². The van der Waals surface area contributed by atoms with E-state index in [1.54, 1.807) is 11.8 Å². The summed E-state index contributed by atoms with van der Waals surface area (Å²) in [5.41, 5.74) is 7.87. The Morgan fingerprint density at radius 1 is 1.03 bits per heavy atom. The Labute approximate surface area is 188 Å². The van der Waals surface area contributed by atoms with Crippen LogP contribution in [0, 0.1) is 11.3 Å². The Kier molecular flexibility index (Phi) is 5.91. The summed E-state index contributed by atoms with van der Waals surface area (Å²) in [4.78, 5) is 4.91. The molecule has 1 aliphatic rings. The zero-order chi connectivity index (χ0) is 21.3. The molecule has 0 aliphatic heterocycles. The van der Waals surface area contributed by atoms with Crippen molar-refractivity contribution in [2.24, 2.45) is 0 Å². The van der Waals surface area contributed by atoms with Crippen LogP contribution in [0.25, 0.3) is 11.1 Å². The van der Waals surface area contributed by atoms with E-state index in [4.69, 9.17) is 16.6 Å². The molecule has 1 aliphatic carbocycles. The summed E-state index contributed by atoms with van der Waals surface area (Å²) in [6, 6.07) is 19.0. The van der Waals surface area contributed by atoms with Gasteiger partial charge in [-0.3, -0.25) is 0 Å². The van der Waals surface area contributed by atoms with Crippen LogP contribution in [-0.2, 0) is 24.0 Å². The van der Waals surface area contributed by atoms with Crippen molar-refractivity contribution in [3.8, 4) is 17.2 Å². The summed E-state index contributed by atoms with van der Waals surface area (Å²) < 4.78 is 0. The maximum atomic E-state index is 10.0. The normalized spacial score (nSPS) is 13.2. The van der Waals surface area contributed by atoms with Gasteiger partial charge in [0.25, 0.3) is 0 Å². The van der Waals surface area contributed by atoms with Gasteiger partial charge in [-0.1, -0.05) is 68.8 Å². The molecule has 4 rings (SSSR count). The minimum atomic E-state index is 0.147. The van der Waals surface area contributed by atoms with Gasteiger partial charge in [0.05, 0.1) is 5.56 Å². The molecule has 0 spiro atoms. The summed E-state index contributed by atoms with van der Waals surface area (Å²) in [6.07, 6.45) is 3.06. The second kappa shape index (κ2) is 8.46.